The van der Waals surface area contributed by atoms with Crippen molar-refractivity contribution in [2.24, 2.45) is 0 Å². The van der Waals surface area contributed by atoms with E-state index in [-0.39, 0.29) is 12.4 Å². The lowest BCUT2D eigenvalue weighted by molar-refractivity contribution is -0.479. The van der Waals surface area contributed by atoms with Crippen LogP contribution in [0.1, 0.15) is 18.4 Å². The number of pyridine rings is 2. The van der Waals surface area contributed by atoms with Crippen molar-refractivity contribution in [1.82, 2.24) is 4.40 Å². The summed E-state index contributed by atoms with van der Waals surface area (Å²) < 4.78 is 4.69. The number of rotatable bonds is 1. The van der Waals surface area contributed by atoms with Gasteiger partial charge in [-0.2, -0.15) is 8.80 Å². The molecule has 0 amide bonds. The van der Waals surface area contributed by atoms with Crippen molar-refractivity contribution in [3.8, 4) is 0 Å². The maximum absolute atomic E-state index is 2.50. The summed E-state index contributed by atoms with van der Waals surface area (Å²) in [5.74, 6) is 0. The third-order valence-electron chi connectivity index (χ3n) is 6.01. The van der Waals surface area contributed by atoms with Crippen LogP contribution in [0, 0.1) is 6.92 Å². The number of hydrogen-bond donors (Lipinski definition) is 0. The molecule has 6 rings (SSSR count). The van der Waals surface area contributed by atoms with Crippen molar-refractivity contribution in [2.45, 2.75) is 19.8 Å². The van der Waals surface area contributed by atoms with Crippen molar-refractivity contribution in [3.63, 3.8) is 0 Å². The molecule has 28 heavy (non-hydrogen) atoms. The predicted molar refractivity (Wildman–Crippen MR) is 112 cm³/mol. The molecule has 0 aliphatic carbocycles. The van der Waals surface area contributed by atoms with Gasteiger partial charge in [0.1, 0.15) is 17.2 Å². The molecular weight excluding hydrogens is 366 g/mol. The van der Waals surface area contributed by atoms with Crippen LogP contribution in [0.25, 0.3) is 33.0 Å². The van der Waals surface area contributed by atoms with Gasteiger partial charge in [-0.15, -0.1) is 0 Å². The largest absolute Gasteiger partial charge is 1.00 e. The van der Waals surface area contributed by atoms with E-state index in [0.717, 1.165) is 0 Å². The highest BCUT2D eigenvalue weighted by molar-refractivity contribution is 5.86. The smallest absolute Gasteiger partial charge is 0.292 e. The molecule has 0 saturated carbocycles. The van der Waals surface area contributed by atoms with Gasteiger partial charge in [-0.1, -0.05) is 11.6 Å². The summed E-state index contributed by atoms with van der Waals surface area (Å²) in [6.45, 7) is 4.52. The Kier molecular flexibility index (Phi) is 3.95. The van der Waals surface area contributed by atoms with Crippen LogP contribution in [0.2, 0.25) is 0 Å². The highest BCUT2D eigenvalue weighted by Gasteiger charge is 2.18. The van der Waals surface area contributed by atoms with Crippen LogP contribution in [-0.4, -0.2) is 17.5 Å². The molecule has 140 valence electrons. The normalized spacial score (nSPS) is 14.4. The second kappa shape index (κ2) is 6.39. The van der Waals surface area contributed by atoms with Gasteiger partial charge < -0.3 is 17.3 Å². The molecule has 1 fully saturated rings. The second-order valence-electron chi connectivity index (χ2n) is 7.78. The Morgan fingerprint density at radius 3 is 2.50 bits per heavy atom. The molecule has 3 nitrogen and oxygen atoms in total. The molecule has 1 saturated heterocycles. The molecule has 0 N–H and O–H groups in total. The van der Waals surface area contributed by atoms with Gasteiger partial charge in [-0.3, -0.25) is 0 Å². The number of fused-ring (bicyclic) bond motifs is 7. The van der Waals surface area contributed by atoms with E-state index in [1.807, 2.05) is 0 Å². The summed E-state index contributed by atoms with van der Waals surface area (Å²) in [4.78, 5) is 2.50. The number of nitrogens with zero attached hydrogens (tertiary/aromatic N) is 3. The first-order valence-electron chi connectivity index (χ1n) is 9.82. The third kappa shape index (κ3) is 2.46. The van der Waals surface area contributed by atoms with Gasteiger partial charge in [-0.25, -0.2) is 0 Å². The first-order chi connectivity index (χ1) is 13.3. The highest BCUT2D eigenvalue weighted by Crippen LogP contribution is 2.26. The Hall–Kier alpha value is -2.78. The standard InChI is InChI=1S/C24H22N3.ClH/c1-17-4-9-23-18(14-17)5-7-21-16-26-22-10-8-20(25-12-2-3-13-25)15-19(22)6-11-24(26)27(21)23;/h4-11,14-16H,2-3,12-13H2,1H3;1H/q+1;/p-1. The summed E-state index contributed by atoms with van der Waals surface area (Å²) in [5, 5.41) is 2.58. The second-order valence-corrected chi connectivity index (χ2v) is 7.78. The first-order valence-corrected chi connectivity index (χ1v) is 9.82. The van der Waals surface area contributed by atoms with E-state index < -0.39 is 0 Å². The lowest BCUT2D eigenvalue weighted by Gasteiger charge is -2.17. The van der Waals surface area contributed by atoms with E-state index in [4.69, 9.17) is 0 Å². The zero-order chi connectivity index (χ0) is 18.0. The van der Waals surface area contributed by atoms with E-state index in [1.54, 1.807) is 0 Å². The zero-order valence-electron chi connectivity index (χ0n) is 15.9. The third-order valence-corrected chi connectivity index (χ3v) is 6.01. The molecule has 0 atom stereocenters. The molecule has 5 aromatic rings. The van der Waals surface area contributed by atoms with Gasteiger partial charge in [0.2, 0.25) is 0 Å². The highest BCUT2D eigenvalue weighted by atomic mass is 35.5. The van der Waals surface area contributed by atoms with Crippen LogP contribution in [0.3, 0.4) is 0 Å². The topological polar surface area (TPSA) is 11.8 Å². The van der Waals surface area contributed by atoms with Crippen molar-refractivity contribution in [1.29, 1.82) is 0 Å². The van der Waals surface area contributed by atoms with Gasteiger partial charge in [0.05, 0.1) is 0 Å². The van der Waals surface area contributed by atoms with Gasteiger partial charge in [0, 0.05) is 35.6 Å². The summed E-state index contributed by atoms with van der Waals surface area (Å²) in [5.41, 5.74) is 7.60. The van der Waals surface area contributed by atoms with Gasteiger partial charge in [0.15, 0.2) is 5.52 Å². The fourth-order valence-corrected chi connectivity index (χ4v) is 4.64. The summed E-state index contributed by atoms with van der Waals surface area (Å²) in [6.07, 6.45) is 4.87. The average Bonchev–Trinajstić information content (AvgIpc) is 3.35. The molecule has 0 bridgehead atoms. The molecular formula is C24H22ClN3. The van der Waals surface area contributed by atoms with Crippen molar-refractivity contribution >= 4 is 38.7 Å². The van der Waals surface area contributed by atoms with Crippen molar-refractivity contribution in [2.75, 3.05) is 18.0 Å². The van der Waals surface area contributed by atoms with Crippen LogP contribution in [-0.2, 0) is 0 Å². The number of aromatic nitrogens is 2. The SMILES string of the molecule is Cc1ccc2c(ccc3c[n+]4c5ccc(N6CCCC6)cc5ccc4n32)c1.[Cl-]. The minimum absolute atomic E-state index is 0. The molecule has 1 aliphatic heterocycles. The molecule has 4 heteroatoms. The molecule has 1 aliphatic rings. The minimum Gasteiger partial charge on any atom is -1.00 e. The Labute approximate surface area is 170 Å². The monoisotopic (exact) mass is 387 g/mol. The maximum Gasteiger partial charge on any atom is 0.292 e. The molecule has 3 aromatic heterocycles. The van der Waals surface area contributed by atoms with E-state index in [9.17, 15) is 0 Å². The Bertz CT molecular complexity index is 1350. The molecule has 0 unspecified atom stereocenters. The predicted octanol–water partition coefficient (Wildman–Crippen LogP) is 1.90. The number of halogens is 1. The van der Waals surface area contributed by atoms with E-state index in [2.05, 4.69) is 87.5 Å². The van der Waals surface area contributed by atoms with Crippen LogP contribution in [0.5, 0.6) is 0 Å². The number of aryl methyl sites for hydroxylation is 1. The summed E-state index contributed by atoms with van der Waals surface area (Å²) in [7, 11) is 0. The maximum atomic E-state index is 2.50. The lowest BCUT2D eigenvalue weighted by Crippen LogP contribution is -3.00. The number of anilines is 1. The quantitative estimate of drug-likeness (QED) is 0.400. The Morgan fingerprint density at radius 2 is 1.64 bits per heavy atom. The van der Waals surface area contributed by atoms with Crippen molar-refractivity contribution in [3.05, 3.63) is 72.4 Å². The van der Waals surface area contributed by atoms with Crippen LogP contribution in [0.4, 0.5) is 5.69 Å². The van der Waals surface area contributed by atoms with Gasteiger partial charge >= 0.3 is 0 Å². The number of hydrogen-bond acceptors (Lipinski definition) is 1. The van der Waals surface area contributed by atoms with Crippen molar-refractivity contribution < 1.29 is 16.8 Å². The zero-order valence-corrected chi connectivity index (χ0v) is 16.7. The van der Waals surface area contributed by atoms with Crippen LogP contribution in [0.15, 0.2) is 66.9 Å². The molecule has 2 aromatic carbocycles. The fraction of sp³-hybridized carbons (Fsp3) is 0.208. The van der Waals surface area contributed by atoms with E-state index in [1.165, 1.54) is 70.2 Å². The van der Waals surface area contributed by atoms with Gasteiger partial charge in [0.25, 0.3) is 5.65 Å². The Balaban J connectivity index is 0.00000171. The number of benzene rings is 2. The summed E-state index contributed by atoms with van der Waals surface area (Å²) in [6, 6.07) is 22.6. The average molecular weight is 388 g/mol. The van der Waals surface area contributed by atoms with E-state index >= 15 is 0 Å². The summed E-state index contributed by atoms with van der Waals surface area (Å²) >= 11 is 0. The van der Waals surface area contributed by atoms with Crippen LogP contribution >= 0.6 is 0 Å². The molecule has 0 spiro atoms. The minimum atomic E-state index is 0. The fourth-order valence-electron chi connectivity index (χ4n) is 4.64. The lowest BCUT2D eigenvalue weighted by atomic mass is 10.1. The van der Waals surface area contributed by atoms with Gasteiger partial charge in [-0.05, 0) is 68.3 Å². The Morgan fingerprint density at radius 1 is 0.821 bits per heavy atom. The molecule has 0 radical (unpaired) electrons. The first kappa shape index (κ1) is 17.3. The van der Waals surface area contributed by atoms with Crippen LogP contribution < -0.4 is 21.7 Å². The van der Waals surface area contributed by atoms with E-state index in [0.29, 0.717) is 0 Å². The molecule has 4 heterocycles. The number of imidazole rings is 1.